The maximum absolute atomic E-state index is 5.86. The van der Waals surface area contributed by atoms with Gasteiger partial charge in [-0.25, -0.2) is 0 Å². The molecule has 7 heteroatoms. The third-order valence-corrected chi connectivity index (χ3v) is 8.33. The van der Waals surface area contributed by atoms with Crippen molar-refractivity contribution in [1.82, 2.24) is 24.3 Å². The molecule has 214 valence electrons. The number of hydrogen-bond donors (Lipinski definition) is 1. The SMILES string of the molecule is CC.NCCCCN(Cc1cc2c3ccccc3n(CCN3CCOCC3)c2cn1)[C@H]1CCCc2cccnc21. The van der Waals surface area contributed by atoms with Gasteiger partial charge in [-0.1, -0.05) is 38.1 Å². The zero-order valence-electron chi connectivity index (χ0n) is 24.4. The number of benzene rings is 1. The summed E-state index contributed by atoms with van der Waals surface area (Å²) < 4.78 is 8.00. The number of fused-ring (bicyclic) bond motifs is 4. The molecule has 40 heavy (non-hydrogen) atoms. The molecule has 0 unspecified atom stereocenters. The molecule has 0 spiro atoms. The van der Waals surface area contributed by atoms with Crippen molar-refractivity contribution in [3.8, 4) is 0 Å². The number of unbranched alkanes of at least 4 members (excludes halogenated alkanes) is 1. The van der Waals surface area contributed by atoms with Crippen LogP contribution in [0.25, 0.3) is 21.8 Å². The maximum atomic E-state index is 5.86. The van der Waals surface area contributed by atoms with Gasteiger partial charge in [-0.3, -0.25) is 19.8 Å². The molecule has 4 aromatic rings. The van der Waals surface area contributed by atoms with Crippen molar-refractivity contribution >= 4 is 21.8 Å². The maximum Gasteiger partial charge on any atom is 0.0678 e. The summed E-state index contributed by atoms with van der Waals surface area (Å²) in [4.78, 5) is 15.0. The Hall–Kier alpha value is -2.84. The van der Waals surface area contributed by atoms with Crippen molar-refractivity contribution in [3.63, 3.8) is 0 Å². The molecule has 1 saturated heterocycles. The molecule has 1 aliphatic carbocycles. The van der Waals surface area contributed by atoms with Gasteiger partial charge in [0.25, 0.3) is 0 Å². The molecule has 1 fully saturated rings. The lowest BCUT2D eigenvalue weighted by Gasteiger charge is -2.35. The van der Waals surface area contributed by atoms with Crippen LogP contribution in [0.15, 0.2) is 54.9 Å². The Morgan fingerprint density at radius 2 is 1.82 bits per heavy atom. The van der Waals surface area contributed by atoms with Gasteiger partial charge in [0.2, 0.25) is 0 Å². The summed E-state index contributed by atoms with van der Waals surface area (Å²) in [6, 6.07) is 15.8. The van der Waals surface area contributed by atoms with E-state index in [9.17, 15) is 0 Å². The van der Waals surface area contributed by atoms with Gasteiger partial charge in [-0.05, 0) is 69.0 Å². The Bertz CT molecular complexity index is 1360. The number of hydrogen-bond acceptors (Lipinski definition) is 6. The average molecular weight is 543 g/mol. The van der Waals surface area contributed by atoms with Gasteiger partial charge in [-0.2, -0.15) is 0 Å². The van der Waals surface area contributed by atoms with Gasteiger partial charge in [0.05, 0.1) is 42.4 Å². The fraction of sp³-hybridized carbons (Fsp3) is 0.515. The van der Waals surface area contributed by atoms with Gasteiger partial charge in [-0.15, -0.1) is 0 Å². The summed E-state index contributed by atoms with van der Waals surface area (Å²) in [7, 11) is 0. The Morgan fingerprint density at radius 3 is 2.67 bits per heavy atom. The van der Waals surface area contributed by atoms with Crippen molar-refractivity contribution in [3.05, 3.63) is 71.8 Å². The van der Waals surface area contributed by atoms with Crippen LogP contribution in [0.4, 0.5) is 0 Å². The van der Waals surface area contributed by atoms with Crippen LogP contribution in [0.5, 0.6) is 0 Å². The predicted molar refractivity (Wildman–Crippen MR) is 164 cm³/mol. The van der Waals surface area contributed by atoms with E-state index in [1.54, 1.807) is 0 Å². The van der Waals surface area contributed by atoms with Crippen LogP contribution in [-0.2, 0) is 24.2 Å². The number of aryl methyl sites for hydroxylation is 1. The quantitative estimate of drug-likeness (QED) is 0.265. The molecule has 1 atom stereocenters. The van der Waals surface area contributed by atoms with Crippen LogP contribution in [-0.4, -0.2) is 70.3 Å². The van der Waals surface area contributed by atoms with E-state index in [2.05, 4.69) is 63.0 Å². The molecule has 1 aliphatic heterocycles. The zero-order chi connectivity index (χ0) is 27.7. The van der Waals surface area contributed by atoms with Crippen molar-refractivity contribution < 1.29 is 4.74 Å². The van der Waals surface area contributed by atoms with Crippen LogP contribution in [0, 0.1) is 0 Å². The molecule has 4 heterocycles. The largest absolute Gasteiger partial charge is 0.379 e. The molecule has 0 bridgehead atoms. The number of aromatic nitrogens is 3. The molecule has 6 rings (SSSR count). The van der Waals surface area contributed by atoms with Gasteiger partial charge in [0.1, 0.15) is 0 Å². The van der Waals surface area contributed by atoms with Gasteiger partial charge >= 0.3 is 0 Å². The lowest BCUT2D eigenvalue weighted by atomic mass is 9.90. The Kier molecular flexibility index (Phi) is 10.2. The summed E-state index contributed by atoms with van der Waals surface area (Å²) in [5.74, 6) is 0. The first-order valence-corrected chi connectivity index (χ1v) is 15.4. The van der Waals surface area contributed by atoms with Crippen molar-refractivity contribution in [2.75, 3.05) is 45.9 Å². The summed E-state index contributed by atoms with van der Waals surface area (Å²) in [6.45, 7) is 12.3. The summed E-state index contributed by atoms with van der Waals surface area (Å²) in [6.07, 6.45) is 9.68. The van der Waals surface area contributed by atoms with E-state index < -0.39 is 0 Å². The minimum atomic E-state index is 0.338. The second-order valence-electron chi connectivity index (χ2n) is 10.7. The van der Waals surface area contributed by atoms with Gasteiger partial charge < -0.3 is 15.0 Å². The smallest absolute Gasteiger partial charge is 0.0678 e. The van der Waals surface area contributed by atoms with E-state index in [4.69, 9.17) is 20.4 Å². The standard InChI is InChI=1S/C31H40N6O.C2H6/c32-12-3-4-14-36(29-11-5-7-24-8-6-13-33-31(24)29)23-25-21-27-26-9-1-2-10-28(26)37(30(27)22-34-25)16-15-35-17-19-38-20-18-35;1-2/h1-2,6,8-10,13,21-22,29H,3-5,7,11-12,14-20,23,32H2;1-2H3/t29-;/m0./s1. The second-order valence-corrected chi connectivity index (χ2v) is 10.7. The topological polar surface area (TPSA) is 72.4 Å². The summed E-state index contributed by atoms with van der Waals surface area (Å²) in [5, 5.41) is 2.61. The first-order valence-electron chi connectivity index (χ1n) is 15.4. The third-order valence-electron chi connectivity index (χ3n) is 8.33. The molecular formula is C33H46N6O. The fourth-order valence-electron chi connectivity index (χ4n) is 6.34. The number of ether oxygens (including phenoxy) is 1. The van der Waals surface area contributed by atoms with E-state index in [0.29, 0.717) is 6.04 Å². The minimum absolute atomic E-state index is 0.338. The number of nitrogens with zero attached hydrogens (tertiary/aromatic N) is 5. The number of rotatable bonds is 10. The Morgan fingerprint density at radius 1 is 0.975 bits per heavy atom. The first kappa shape index (κ1) is 28.7. The van der Waals surface area contributed by atoms with E-state index in [-0.39, 0.29) is 0 Å². The van der Waals surface area contributed by atoms with Gasteiger partial charge in [0, 0.05) is 55.2 Å². The van der Waals surface area contributed by atoms with E-state index in [0.717, 1.165) is 90.4 Å². The van der Waals surface area contributed by atoms with Crippen LogP contribution in [0.2, 0.25) is 0 Å². The highest BCUT2D eigenvalue weighted by molar-refractivity contribution is 6.07. The van der Waals surface area contributed by atoms with Crippen LogP contribution < -0.4 is 5.73 Å². The molecule has 2 aliphatic rings. The molecular weight excluding hydrogens is 496 g/mol. The van der Waals surface area contributed by atoms with E-state index >= 15 is 0 Å². The van der Waals surface area contributed by atoms with E-state index in [1.165, 1.54) is 39.5 Å². The second kappa shape index (κ2) is 14.2. The highest BCUT2D eigenvalue weighted by Crippen LogP contribution is 2.35. The predicted octanol–water partition coefficient (Wildman–Crippen LogP) is 5.56. The van der Waals surface area contributed by atoms with Crippen LogP contribution in [0.3, 0.4) is 0 Å². The zero-order valence-corrected chi connectivity index (χ0v) is 24.4. The molecule has 7 nitrogen and oxygen atoms in total. The third kappa shape index (κ3) is 6.39. The normalized spacial score (nSPS) is 17.6. The highest BCUT2D eigenvalue weighted by Gasteiger charge is 2.27. The number of morpholine rings is 1. The number of pyridine rings is 2. The monoisotopic (exact) mass is 542 g/mol. The van der Waals surface area contributed by atoms with Crippen LogP contribution >= 0.6 is 0 Å². The Balaban J connectivity index is 0.00000158. The minimum Gasteiger partial charge on any atom is -0.379 e. The lowest BCUT2D eigenvalue weighted by Crippen LogP contribution is -2.38. The summed E-state index contributed by atoms with van der Waals surface area (Å²) in [5.41, 5.74) is 12.2. The average Bonchev–Trinajstić information content (AvgIpc) is 3.33. The molecule has 3 aromatic heterocycles. The molecule has 2 N–H and O–H groups in total. The first-order chi connectivity index (χ1) is 19.8. The lowest BCUT2D eigenvalue weighted by molar-refractivity contribution is 0.0366. The van der Waals surface area contributed by atoms with Crippen molar-refractivity contribution in [2.45, 2.75) is 65.1 Å². The van der Waals surface area contributed by atoms with Crippen molar-refractivity contribution in [2.24, 2.45) is 5.73 Å². The number of nitrogens with two attached hydrogens (primary N) is 1. The summed E-state index contributed by atoms with van der Waals surface area (Å²) >= 11 is 0. The molecule has 0 radical (unpaired) electrons. The van der Waals surface area contributed by atoms with Gasteiger partial charge in [0.15, 0.2) is 0 Å². The molecule has 0 saturated carbocycles. The number of para-hydroxylation sites is 1. The van der Waals surface area contributed by atoms with E-state index in [1.807, 2.05) is 20.0 Å². The Labute approximate surface area is 239 Å². The molecule has 0 amide bonds. The fourth-order valence-corrected chi connectivity index (χ4v) is 6.34. The van der Waals surface area contributed by atoms with Crippen LogP contribution in [0.1, 0.15) is 62.5 Å². The van der Waals surface area contributed by atoms with Crippen molar-refractivity contribution in [1.29, 1.82) is 0 Å². The molecule has 1 aromatic carbocycles. The highest BCUT2D eigenvalue weighted by atomic mass is 16.5.